The van der Waals surface area contributed by atoms with E-state index in [-0.39, 0.29) is 5.91 Å². The number of morpholine rings is 1. The first kappa shape index (κ1) is 16.6. The molecule has 2 aromatic carbocycles. The Morgan fingerprint density at radius 1 is 1.21 bits per heavy atom. The number of para-hydroxylation sites is 1. The number of nitrogens with one attached hydrogen (secondary N) is 1. The quantitative estimate of drug-likeness (QED) is 0.921. The molecule has 1 heterocycles. The highest BCUT2D eigenvalue weighted by Crippen LogP contribution is 2.29. The number of carbonyl (C=O) groups is 1. The fourth-order valence-electron chi connectivity index (χ4n) is 2.65. The average Bonchev–Trinajstić information content (AvgIpc) is 2.64. The van der Waals surface area contributed by atoms with Crippen molar-refractivity contribution in [3.05, 3.63) is 53.1 Å². The predicted molar refractivity (Wildman–Crippen MR) is 95.4 cm³/mol. The van der Waals surface area contributed by atoms with Gasteiger partial charge in [0.05, 0.1) is 36.6 Å². The summed E-state index contributed by atoms with van der Waals surface area (Å²) in [4.78, 5) is 14.8. The summed E-state index contributed by atoms with van der Waals surface area (Å²) in [5.41, 5.74) is 2.06. The Labute approximate surface area is 146 Å². The van der Waals surface area contributed by atoms with Crippen LogP contribution < -0.4 is 15.0 Å². The molecule has 0 unspecified atom stereocenters. The van der Waals surface area contributed by atoms with Crippen molar-refractivity contribution in [1.29, 1.82) is 0 Å². The Morgan fingerprint density at radius 3 is 2.71 bits per heavy atom. The molecule has 1 saturated heterocycles. The highest BCUT2D eigenvalue weighted by Gasteiger charge is 2.16. The number of carbonyl (C=O) groups excluding carboxylic acids is 1. The van der Waals surface area contributed by atoms with E-state index < -0.39 is 0 Å². The van der Waals surface area contributed by atoms with E-state index in [2.05, 4.69) is 10.2 Å². The highest BCUT2D eigenvalue weighted by molar-refractivity contribution is 6.34. The number of halogens is 1. The molecule has 24 heavy (non-hydrogen) atoms. The first-order valence-corrected chi connectivity index (χ1v) is 8.13. The molecule has 0 aromatic heterocycles. The first-order valence-electron chi connectivity index (χ1n) is 7.75. The summed E-state index contributed by atoms with van der Waals surface area (Å²) < 4.78 is 10.6. The molecule has 1 aliphatic heterocycles. The number of anilines is 2. The summed E-state index contributed by atoms with van der Waals surface area (Å²) in [6, 6.07) is 12.7. The molecule has 0 atom stereocenters. The maximum absolute atomic E-state index is 12.6. The van der Waals surface area contributed by atoms with Gasteiger partial charge in [0.25, 0.3) is 5.91 Å². The molecule has 126 valence electrons. The van der Waals surface area contributed by atoms with Crippen LogP contribution in [-0.2, 0) is 4.74 Å². The highest BCUT2D eigenvalue weighted by atomic mass is 35.5. The second-order valence-corrected chi connectivity index (χ2v) is 5.83. The third-order valence-electron chi connectivity index (χ3n) is 3.93. The van der Waals surface area contributed by atoms with Crippen molar-refractivity contribution in [1.82, 2.24) is 0 Å². The Bertz CT molecular complexity index is 730. The molecule has 0 saturated carbocycles. The van der Waals surface area contributed by atoms with Crippen molar-refractivity contribution in [3.63, 3.8) is 0 Å². The third-order valence-corrected chi connectivity index (χ3v) is 4.26. The minimum atomic E-state index is -0.256. The lowest BCUT2D eigenvalue weighted by molar-refractivity contribution is 0.102. The van der Waals surface area contributed by atoms with Crippen LogP contribution in [-0.4, -0.2) is 39.3 Å². The number of ether oxygens (including phenoxy) is 2. The van der Waals surface area contributed by atoms with Crippen molar-refractivity contribution >= 4 is 28.9 Å². The van der Waals surface area contributed by atoms with E-state index in [1.54, 1.807) is 24.3 Å². The van der Waals surface area contributed by atoms with Crippen LogP contribution in [0.2, 0.25) is 5.02 Å². The number of amides is 1. The van der Waals surface area contributed by atoms with Gasteiger partial charge in [0, 0.05) is 18.8 Å². The largest absolute Gasteiger partial charge is 0.496 e. The molecule has 3 rings (SSSR count). The van der Waals surface area contributed by atoms with E-state index in [0.29, 0.717) is 35.2 Å². The fourth-order valence-corrected chi connectivity index (χ4v) is 2.81. The molecule has 6 heteroatoms. The topological polar surface area (TPSA) is 50.8 Å². The van der Waals surface area contributed by atoms with E-state index in [0.717, 1.165) is 18.8 Å². The SMILES string of the molecule is COc1ccccc1C(=O)Nc1cc(N2CCOCC2)ccc1Cl. The lowest BCUT2D eigenvalue weighted by Gasteiger charge is -2.29. The van der Waals surface area contributed by atoms with Gasteiger partial charge in [-0.2, -0.15) is 0 Å². The Morgan fingerprint density at radius 2 is 1.96 bits per heavy atom. The van der Waals surface area contributed by atoms with E-state index in [1.165, 1.54) is 7.11 Å². The van der Waals surface area contributed by atoms with Gasteiger partial charge >= 0.3 is 0 Å². The Hall–Kier alpha value is -2.24. The van der Waals surface area contributed by atoms with Crippen LogP contribution in [0.5, 0.6) is 5.75 Å². The van der Waals surface area contributed by atoms with Crippen LogP contribution in [0.3, 0.4) is 0 Å². The molecule has 1 fully saturated rings. The van der Waals surface area contributed by atoms with Gasteiger partial charge < -0.3 is 19.7 Å². The molecular formula is C18H19ClN2O3. The summed E-state index contributed by atoms with van der Waals surface area (Å²) in [5, 5.41) is 3.37. The Balaban J connectivity index is 1.82. The molecule has 0 radical (unpaired) electrons. The van der Waals surface area contributed by atoms with Crippen LogP contribution in [0, 0.1) is 0 Å². The second-order valence-electron chi connectivity index (χ2n) is 5.42. The molecule has 1 amide bonds. The zero-order valence-corrected chi connectivity index (χ0v) is 14.2. The van der Waals surface area contributed by atoms with Gasteiger partial charge in [-0.1, -0.05) is 23.7 Å². The third kappa shape index (κ3) is 3.63. The van der Waals surface area contributed by atoms with E-state index in [1.807, 2.05) is 18.2 Å². The van der Waals surface area contributed by atoms with E-state index >= 15 is 0 Å². The summed E-state index contributed by atoms with van der Waals surface area (Å²) >= 11 is 6.25. The standard InChI is InChI=1S/C18H19ClN2O3/c1-23-17-5-3-2-4-14(17)18(22)20-16-12-13(6-7-15(16)19)21-8-10-24-11-9-21/h2-7,12H,8-11H2,1H3,(H,20,22). The number of hydrogen-bond acceptors (Lipinski definition) is 4. The maximum Gasteiger partial charge on any atom is 0.259 e. The monoisotopic (exact) mass is 346 g/mol. The van der Waals surface area contributed by atoms with Crippen LogP contribution in [0.1, 0.15) is 10.4 Å². The number of rotatable bonds is 4. The van der Waals surface area contributed by atoms with Crippen molar-refractivity contribution in [2.45, 2.75) is 0 Å². The van der Waals surface area contributed by atoms with Crippen molar-refractivity contribution in [2.75, 3.05) is 43.6 Å². The van der Waals surface area contributed by atoms with Gasteiger partial charge in [-0.05, 0) is 30.3 Å². The number of benzene rings is 2. The predicted octanol–water partition coefficient (Wildman–Crippen LogP) is 3.44. The van der Waals surface area contributed by atoms with Crippen molar-refractivity contribution in [2.24, 2.45) is 0 Å². The number of hydrogen-bond donors (Lipinski definition) is 1. The molecule has 2 aromatic rings. The maximum atomic E-state index is 12.6. The van der Waals surface area contributed by atoms with Crippen molar-refractivity contribution in [3.8, 4) is 5.75 Å². The normalized spacial score (nSPS) is 14.3. The van der Waals surface area contributed by atoms with E-state index in [4.69, 9.17) is 21.1 Å². The van der Waals surface area contributed by atoms with Gasteiger partial charge in [-0.15, -0.1) is 0 Å². The molecule has 0 aliphatic carbocycles. The zero-order chi connectivity index (χ0) is 16.9. The minimum absolute atomic E-state index is 0.256. The zero-order valence-electron chi connectivity index (χ0n) is 13.4. The van der Waals surface area contributed by atoms with Crippen LogP contribution >= 0.6 is 11.6 Å². The molecule has 1 aliphatic rings. The van der Waals surface area contributed by atoms with Gasteiger partial charge in [0.15, 0.2) is 0 Å². The summed E-state index contributed by atoms with van der Waals surface area (Å²) in [6.07, 6.45) is 0. The first-order chi connectivity index (χ1) is 11.7. The molecule has 1 N–H and O–H groups in total. The van der Waals surface area contributed by atoms with Crippen LogP contribution in [0.25, 0.3) is 0 Å². The molecule has 0 spiro atoms. The van der Waals surface area contributed by atoms with Crippen molar-refractivity contribution < 1.29 is 14.3 Å². The van der Waals surface area contributed by atoms with E-state index in [9.17, 15) is 4.79 Å². The Kier molecular flexibility index (Phi) is 5.23. The number of nitrogens with zero attached hydrogens (tertiary/aromatic N) is 1. The minimum Gasteiger partial charge on any atom is -0.496 e. The van der Waals surface area contributed by atoms with Gasteiger partial charge in [0.1, 0.15) is 5.75 Å². The molecule has 0 bridgehead atoms. The second kappa shape index (κ2) is 7.55. The molecular weight excluding hydrogens is 328 g/mol. The summed E-state index contributed by atoms with van der Waals surface area (Å²) in [5.74, 6) is 0.268. The van der Waals surface area contributed by atoms with Crippen LogP contribution in [0.4, 0.5) is 11.4 Å². The molecule has 5 nitrogen and oxygen atoms in total. The van der Waals surface area contributed by atoms with Gasteiger partial charge in [-0.25, -0.2) is 0 Å². The van der Waals surface area contributed by atoms with Gasteiger partial charge in [-0.3, -0.25) is 4.79 Å². The lowest BCUT2D eigenvalue weighted by Crippen LogP contribution is -2.36. The lowest BCUT2D eigenvalue weighted by atomic mass is 10.1. The fraction of sp³-hybridized carbons (Fsp3) is 0.278. The summed E-state index contributed by atoms with van der Waals surface area (Å²) in [6.45, 7) is 3.04. The van der Waals surface area contributed by atoms with Crippen LogP contribution in [0.15, 0.2) is 42.5 Å². The smallest absolute Gasteiger partial charge is 0.259 e. The average molecular weight is 347 g/mol. The summed E-state index contributed by atoms with van der Waals surface area (Å²) in [7, 11) is 1.54. The van der Waals surface area contributed by atoms with Gasteiger partial charge in [0.2, 0.25) is 0 Å². The number of methoxy groups -OCH3 is 1.